The highest BCUT2D eigenvalue weighted by atomic mass is 79.9. The molecular weight excluding hydrogens is 348 g/mol. The smallest absolute Gasteiger partial charge is 0.261 e. The number of nitrogens with one attached hydrogen (secondary N) is 2. The predicted octanol–water partition coefficient (Wildman–Crippen LogP) is 3.44. The molecule has 0 aromatic carbocycles. The van der Waals surface area contributed by atoms with Crippen LogP contribution in [0.1, 0.15) is 36.4 Å². The molecule has 1 aliphatic heterocycles. The molecule has 1 aromatic heterocycles. The minimum Gasteiger partial charge on any atom is -0.350 e. The highest BCUT2D eigenvalue weighted by Crippen LogP contribution is 2.29. The second-order valence-corrected chi connectivity index (χ2v) is 7.88. The molecule has 1 aliphatic rings. The van der Waals surface area contributed by atoms with Crippen LogP contribution in [0.5, 0.6) is 0 Å². The van der Waals surface area contributed by atoms with Crippen LogP contribution in [0.2, 0.25) is 0 Å². The molecule has 2 rings (SSSR count). The number of thiophene rings is 1. The van der Waals surface area contributed by atoms with E-state index in [9.17, 15) is 4.79 Å². The minimum atomic E-state index is 0. The molecule has 0 aliphatic carbocycles. The van der Waals surface area contributed by atoms with E-state index in [4.69, 9.17) is 0 Å². The van der Waals surface area contributed by atoms with Crippen molar-refractivity contribution in [2.75, 3.05) is 13.1 Å². The molecule has 19 heavy (non-hydrogen) atoms. The Bertz CT molecular complexity index is 436. The molecule has 108 valence electrons. The fourth-order valence-corrected chi connectivity index (χ4v) is 3.64. The van der Waals surface area contributed by atoms with E-state index < -0.39 is 0 Å². The van der Waals surface area contributed by atoms with Gasteiger partial charge in [0.05, 0.1) is 8.66 Å². The summed E-state index contributed by atoms with van der Waals surface area (Å²) in [6.45, 7) is 6.27. The van der Waals surface area contributed by atoms with Gasteiger partial charge in [0.15, 0.2) is 0 Å². The molecule has 1 unspecified atom stereocenters. The first-order chi connectivity index (χ1) is 8.49. The number of hydrogen-bond donors (Lipinski definition) is 2. The molecule has 1 amide bonds. The summed E-state index contributed by atoms with van der Waals surface area (Å²) in [6.07, 6.45) is 2.43. The lowest BCUT2D eigenvalue weighted by molar-refractivity contribution is 0.0933. The van der Waals surface area contributed by atoms with Crippen molar-refractivity contribution in [1.82, 2.24) is 10.6 Å². The lowest BCUT2D eigenvalue weighted by Crippen LogP contribution is -2.52. The molecule has 0 radical (unpaired) electrons. The Morgan fingerprint density at radius 1 is 1.58 bits per heavy atom. The Balaban J connectivity index is 0.00000180. The van der Waals surface area contributed by atoms with Gasteiger partial charge < -0.3 is 10.6 Å². The number of amides is 1. The summed E-state index contributed by atoms with van der Waals surface area (Å²) >= 11 is 4.84. The number of hydrogen-bond acceptors (Lipinski definition) is 3. The van der Waals surface area contributed by atoms with Gasteiger partial charge in [-0.3, -0.25) is 4.79 Å². The number of piperidine rings is 1. The second-order valence-electron chi connectivity index (χ2n) is 5.41. The Hall–Kier alpha value is -0.100. The van der Waals surface area contributed by atoms with Gasteiger partial charge >= 0.3 is 0 Å². The Morgan fingerprint density at radius 2 is 2.32 bits per heavy atom. The maximum atomic E-state index is 12.0. The monoisotopic (exact) mass is 366 g/mol. The zero-order valence-corrected chi connectivity index (χ0v) is 14.4. The summed E-state index contributed by atoms with van der Waals surface area (Å²) in [5.41, 5.74) is 0.252. The molecule has 0 spiro atoms. The van der Waals surface area contributed by atoms with Crippen molar-refractivity contribution in [2.24, 2.45) is 5.41 Å². The van der Waals surface area contributed by atoms with Crippen molar-refractivity contribution in [1.29, 1.82) is 0 Å². The quantitative estimate of drug-likeness (QED) is 0.859. The van der Waals surface area contributed by atoms with Crippen LogP contribution in [0.25, 0.3) is 0 Å². The third-order valence-corrected chi connectivity index (χ3v) is 5.22. The van der Waals surface area contributed by atoms with Crippen molar-refractivity contribution >= 4 is 45.6 Å². The van der Waals surface area contributed by atoms with Gasteiger partial charge in [-0.25, -0.2) is 0 Å². The molecule has 2 N–H and O–H groups in total. The van der Waals surface area contributed by atoms with E-state index >= 15 is 0 Å². The lowest BCUT2D eigenvalue weighted by atomic mass is 9.77. The fourth-order valence-electron chi connectivity index (χ4n) is 2.34. The average Bonchev–Trinajstić information content (AvgIpc) is 2.73. The number of carbonyl (C=O) groups excluding carboxylic acids is 1. The molecule has 0 bridgehead atoms. The zero-order valence-electron chi connectivity index (χ0n) is 11.2. The largest absolute Gasteiger partial charge is 0.350 e. The van der Waals surface area contributed by atoms with E-state index in [2.05, 4.69) is 40.4 Å². The van der Waals surface area contributed by atoms with Crippen molar-refractivity contribution < 1.29 is 4.79 Å². The van der Waals surface area contributed by atoms with E-state index in [1.54, 1.807) is 0 Å². The van der Waals surface area contributed by atoms with Crippen LogP contribution >= 0.6 is 39.7 Å². The van der Waals surface area contributed by atoms with E-state index in [1.165, 1.54) is 24.2 Å². The van der Waals surface area contributed by atoms with Gasteiger partial charge in [-0.1, -0.05) is 13.8 Å². The van der Waals surface area contributed by atoms with E-state index in [0.29, 0.717) is 12.6 Å². The van der Waals surface area contributed by atoms with E-state index in [0.717, 1.165) is 15.2 Å². The first-order valence-corrected chi connectivity index (χ1v) is 7.87. The highest BCUT2D eigenvalue weighted by Gasteiger charge is 2.32. The van der Waals surface area contributed by atoms with Gasteiger partial charge in [0, 0.05) is 12.6 Å². The molecule has 3 nitrogen and oxygen atoms in total. The molecule has 1 fully saturated rings. The molecule has 6 heteroatoms. The third-order valence-electron chi connectivity index (χ3n) is 3.60. The van der Waals surface area contributed by atoms with E-state index in [-0.39, 0.29) is 23.7 Å². The maximum absolute atomic E-state index is 12.0. The van der Waals surface area contributed by atoms with Gasteiger partial charge in [-0.15, -0.1) is 23.7 Å². The van der Waals surface area contributed by atoms with E-state index in [1.807, 2.05) is 12.1 Å². The predicted molar refractivity (Wildman–Crippen MR) is 86.4 cm³/mol. The summed E-state index contributed by atoms with van der Waals surface area (Å²) in [4.78, 5) is 12.7. The topological polar surface area (TPSA) is 41.1 Å². The SMILES string of the molecule is CC1(C)CCCNC1CNC(=O)c1ccc(Br)s1.Cl. The highest BCUT2D eigenvalue weighted by molar-refractivity contribution is 9.11. The zero-order chi connectivity index (χ0) is 13.2. The summed E-state index contributed by atoms with van der Waals surface area (Å²) in [5, 5.41) is 6.53. The summed E-state index contributed by atoms with van der Waals surface area (Å²) < 4.78 is 0.990. The standard InChI is InChI=1S/C13H19BrN2OS.ClH/c1-13(2)6-3-7-15-10(13)8-16-12(17)9-4-5-11(14)18-9;/h4-5,10,15H,3,6-8H2,1-2H3,(H,16,17);1H. The van der Waals surface area contributed by atoms with Crippen LogP contribution in [0.15, 0.2) is 15.9 Å². The fraction of sp³-hybridized carbons (Fsp3) is 0.615. The van der Waals surface area contributed by atoms with Crippen LogP contribution < -0.4 is 10.6 Å². The minimum absolute atomic E-state index is 0. The van der Waals surface area contributed by atoms with Crippen LogP contribution in [0.4, 0.5) is 0 Å². The first-order valence-electron chi connectivity index (χ1n) is 6.26. The number of halogens is 2. The van der Waals surface area contributed by atoms with Crippen LogP contribution in [-0.4, -0.2) is 25.0 Å². The van der Waals surface area contributed by atoms with Gasteiger partial charge in [-0.05, 0) is 52.9 Å². The maximum Gasteiger partial charge on any atom is 0.261 e. The van der Waals surface area contributed by atoms with Gasteiger partial charge in [0.2, 0.25) is 0 Å². The molecule has 2 heterocycles. The Kier molecular flexibility index (Phi) is 6.30. The van der Waals surface area contributed by atoms with Gasteiger partial charge in [-0.2, -0.15) is 0 Å². The van der Waals surface area contributed by atoms with Gasteiger partial charge in [0.25, 0.3) is 5.91 Å². The summed E-state index contributed by atoms with van der Waals surface area (Å²) in [7, 11) is 0. The second kappa shape index (κ2) is 7.07. The number of carbonyl (C=O) groups is 1. The molecular formula is C13H20BrClN2OS. The Labute approximate surface area is 133 Å². The normalized spacial score (nSPS) is 21.5. The van der Waals surface area contributed by atoms with Gasteiger partial charge in [0.1, 0.15) is 0 Å². The molecule has 0 saturated carbocycles. The number of rotatable bonds is 3. The summed E-state index contributed by atoms with van der Waals surface area (Å²) in [6, 6.07) is 4.12. The van der Waals surface area contributed by atoms with Crippen LogP contribution in [0.3, 0.4) is 0 Å². The van der Waals surface area contributed by atoms with Crippen molar-refractivity contribution in [2.45, 2.75) is 32.7 Å². The molecule has 1 atom stereocenters. The molecule has 1 saturated heterocycles. The first kappa shape index (κ1) is 17.0. The van der Waals surface area contributed by atoms with Crippen LogP contribution in [-0.2, 0) is 0 Å². The summed E-state index contributed by atoms with van der Waals surface area (Å²) in [5.74, 6) is 0.0221. The third kappa shape index (κ3) is 4.45. The average molecular weight is 368 g/mol. The van der Waals surface area contributed by atoms with Crippen LogP contribution in [0, 0.1) is 5.41 Å². The molecule has 1 aromatic rings. The lowest BCUT2D eigenvalue weighted by Gasteiger charge is -2.39. The van der Waals surface area contributed by atoms with Crippen molar-refractivity contribution in [3.63, 3.8) is 0 Å². The Morgan fingerprint density at radius 3 is 2.89 bits per heavy atom. The van der Waals surface area contributed by atoms with Crippen molar-refractivity contribution in [3.05, 3.63) is 20.8 Å². The van der Waals surface area contributed by atoms with Crippen molar-refractivity contribution in [3.8, 4) is 0 Å².